The summed E-state index contributed by atoms with van der Waals surface area (Å²) in [6.07, 6.45) is 0.441. The minimum Gasteiger partial charge on any atom is -0.457 e. The molecule has 0 aliphatic carbocycles. The normalized spacial score (nSPS) is 12.1. The van der Waals surface area contributed by atoms with Crippen LogP contribution < -0.4 is 0 Å². The molecular formula is C9H11NO5. The van der Waals surface area contributed by atoms with Crippen LogP contribution in [0.2, 0.25) is 0 Å². The molecule has 6 nitrogen and oxygen atoms in total. The maximum atomic E-state index is 11.3. The van der Waals surface area contributed by atoms with Gasteiger partial charge < -0.3 is 9.15 Å². The lowest BCUT2D eigenvalue weighted by molar-refractivity contribution is -0.402. The summed E-state index contributed by atoms with van der Waals surface area (Å²) in [4.78, 5) is 20.9. The van der Waals surface area contributed by atoms with Gasteiger partial charge in [0.2, 0.25) is 5.76 Å². The van der Waals surface area contributed by atoms with Crippen molar-refractivity contribution in [3.05, 3.63) is 28.0 Å². The summed E-state index contributed by atoms with van der Waals surface area (Å²) in [6.45, 7) is 3.60. The number of ether oxygens (including phenoxy) is 1. The summed E-state index contributed by atoms with van der Waals surface area (Å²) in [5, 5.41) is 10.3. The largest absolute Gasteiger partial charge is 0.457 e. The molecule has 0 saturated heterocycles. The van der Waals surface area contributed by atoms with E-state index in [2.05, 4.69) is 4.42 Å². The van der Waals surface area contributed by atoms with Crippen molar-refractivity contribution in [1.29, 1.82) is 0 Å². The van der Waals surface area contributed by atoms with E-state index in [1.807, 2.05) is 6.92 Å². The molecule has 0 spiro atoms. The molecule has 1 heterocycles. The lowest BCUT2D eigenvalue weighted by atomic mass is 10.3. The molecule has 0 amide bonds. The van der Waals surface area contributed by atoms with Crippen molar-refractivity contribution < 1.29 is 18.9 Å². The van der Waals surface area contributed by atoms with Gasteiger partial charge in [-0.25, -0.2) is 4.79 Å². The Balaban J connectivity index is 2.70. The van der Waals surface area contributed by atoms with Gasteiger partial charge in [-0.05, 0) is 19.4 Å². The lowest BCUT2D eigenvalue weighted by Crippen LogP contribution is -2.13. The van der Waals surface area contributed by atoms with E-state index in [-0.39, 0.29) is 11.9 Å². The fourth-order valence-corrected chi connectivity index (χ4v) is 0.860. The fourth-order valence-electron chi connectivity index (χ4n) is 0.860. The lowest BCUT2D eigenvalue weighted by Gasteiger charge is -2.08. The summed E-state index contributed by atoms with van der Waals surface area (Å²) in [5.74, 6) is -1.30. The second-order valence-electron chi connectivity index (χ2n) is 3.02. The first-order chi connectivity index (χ1) is 7.04. The molecule has 0 fully saturated rings. The molecule has 6 heteroatoms. The van der Waals surface area contributed by atoms with Gasteiger partial charge in [0, 0.05) is 0 Å². The number of hydrogen-bond donors (Lipinski definition) is 0. The average Bonchev–Trinajstić information content (AvgIpc) is 2.66. The van der Waals surface area contributed by atoms with Gasteiger partial charge in [0.1, 0.15) is 4.92 Å². The van der Waals surface area contributed by atoms with Crippen LogP contribution in [-0.4, -0.2) is 17.0 Å². The molecule has 0 saturated carbocycles. The second-order valence-corrected chi connectivity index (χ2v) is 3.02. The molecule has 0 aliphatic heterocycles. The van der Waals surface area contributed by atoms with Gasteiger partial charge in [0.25, 0.3) is 0 Å². The molecule has 0 aromatic carbocycles. The first-order valence-electron chi connectivity index (χ1n) is 4.49. The van der Waals surface area contributed by atoms with Crippen LogP contribution in [0.5, 0.6) is 0 Å². The van der Waals surface area contributed by atoms with Crippen molar-refractivity contribution in [1.82, 2.24) is 0 Å². The molecule has 82 valence electrons. The maximum Gasteiger partial charge on any atom is 0.433 e. The molecule has 15 heavy (non-hydrogen) atoms. The van der Waals surface area contributed by atoms with Crippen LogP contribution in [0.4, 0.5) is 5.88 Å². The Morgan fingerprint density at radius 2 is 2.33 bits per heavy atom. The zero-order valence-electron chi connectivity index (χ0n) is 8.43. The summed E-state index contributed by atoms with van der Waals surface area (Å²) in [7, 11) is 0. The van der Waals surface area contributed by atoms with E-state index in [4.69, 9.17) is 4.74 Å². The van der Waals surface area contributed by atoms with Gasteiger partial charge in [-0.3, -0.25) is 10.1 Å². The Labute approximate surface area is 86.0 Å². The van der Waals surface area contributed by atoms with Crippen LogP contribution in [0.15, 0.2) is 16.5 Å². The number of carbonyl (C=O) groups is 1. The molecule has 0 radical (unpaired) electrons. The molecule has 1 rings (SSSR count). The summed E-state index contributed by atoms with van der Waals surface area (Å²) >= 11 is 0. The highest BCUT2D eigenvalue weighted by atomic mass is 16.7. The Morgan fingerprint density at radius 3 is 2.80 bits per heavy atom. The predicted octanol–water partition coefficient (Wildman–Crippen LogP) is 2.14. The van der Waals surface area contributed by atoms with Crippen LogP contribution in [0.1, 0.15) is 30.8 Å². The molecule has 0 aliphatic rings. The van der Waals surface area contributed by atoms with Gasteiger partial charge in [0.05, 0.1) is 12.2 Å². The van der Waals surface area contributed by atoms with Crippen molar-refractivity contribution in [3.63, 3.8) is 0 Å². The minimum atomic E-state index is -0.708. The van der Waals surface area contributed by atoms with Crippen molar-refractivity contribution in [2.75, 3.05) is 0 Å². The highest BCUT2D eigenvalue weighted by Gasteiger charge is 2.19. The van der Waals surface area contributed by atoms with E-state index in [9.17, 15) is 14.9 Å². The molecule has 0 N–H and O–H groups in total. The predicted molar refractivity (Wildman–Crippen MR) is 50.5 cm³/mol. The number of furan rings is 1. The number of nitro groups is 1. The molecule has 1 unspecified atom stereocenters. The molecule has 1 aromatic heterocycles. The van der Waals surface area contributed by atoms with Gasteiger partial charge in [-0.15, -0.1) is 0 Å². The fraction of sp³-hybridized carbons (Fsp3) is 0.444. The smallest absolute Gasteiger partial charge is 0.433 e. The van der Waals surface area contributed by atoms with E-state index in [0.717, 1.165) is 6.07 Å². The summed E-state index contributed by atoms with van der Waals surface area (Å²) in [5.41, 5.74) is 0. The SMILES string of the molecule is CCC(C)OC(=O)c1ccc([N+](=O)[O-])o1. The quantitative estimate of drug-likeness (QED) is 0.434. The van der Waals surface area contributed by atoms with E-state index >= 15 is 0 Å². The second kappa shape index (κ2) is 4.59. The van der Waals surface area contributed by atoms with E-state index in [0.29, 0.717) is 6.42 Å². The van der Waals surface area contributed by atoms with Crippen molar-refractivity contribution in [2.45, 2.75) is 26.4 Å². The van der Waals surface area contributed by atoms with E-state index in [1.165, 1.54) is 6.07 Å². The first-order valence-corrected chi connectivity index (χ1v) is 4.49. The number of nitrogens with zero attached hydrogens (tertiary/aromatic N) is 1. The van der Waals surface area contributed by atoms with Gasteiger partial charge in [-0.2, -0.15) is 0 Å². The van der Waals surface area contributed by atoms with Crippen LogP contribution in [0.3, 0.4) is 0 Å². The molecule has 0 bridgehead atoms. The highest BCUT2D eigenvalue weighted by molar-refractivity contribution is 5.86. The van der Waals surface area contributed by atoms with Crippen LogP contribution >= 0.6 is 0 Å². The Bertz CT molecular complexity index is 370. The van der Waals surface area contributed by atoms with Crippen LogP contribution in [-0.2, 0) is 4.74 Å². The van der Waals surface area contributed by atoms with Crippen LogP contribution in [0, 0.1) is 10.1 Å². The Hall–Kier alpha value is -1.85. The molecule has 1 aromatic rings. The molecular weight excluding hydrogens is 202 g/mol. The first kappa shape index (κ1) is 11.2. The van der Waals surface area contributed by atoms with E-state index in [1.54, 1.807) is 6.92 Å². The standard InChI is InChI=1S/C9H11NO5/c1-3-6(2)14-9(11)7-4-5-8(15-7)10(12)13/h4-6H,3H2,1-2H3. The monoisotopic (exact) mass is 213 g/mol. The Kier molecular flexibility index (Phi) is 3.43. The van der Waals surface area contributed by atoms with Gasteiger partial charge in [-0.1, -0.05) is 6.92 Å². The van der Waals surface area contributed by atoms with Crippen molar-refractivity contribution >= 4 is 11.9 Å². The molecule has 1 atom stereocenters. The third-order valence-corrected chi connectivity index (χ3v) is 1.86. The minimum absolute atomic E-state index is 0.151. The Morgan fingerprint density at radius 1 is 1.67 bits per heavy atom. The third-order valence-electron chi connectivity index (χ3n) is 1.86. The van der Waals surface area contributed by atoms with Crippen molar-refractivity contribution in [2.24, 2.45) is 0 Å². The van der Waals surface area contributed by atoms with Gasteiger partial charge in [0.15, 0.2) is 0 Å². The summed E-state index contributed by atoms with van der Waals surface area (Å²) < 4.78 is 9.60. The zero-order chi connectivity index (χ0) is 11.4. The van der Waals surface area contributed by atoms with Crippen molar-refractivity contribution in [3.8, 4) is 0 Å². The highest BCUT2D eigenvalue weighted by Crippen LogP contribution is 2.17. The number of esters is 1. The maximum absolute atomic E-state index is 11.3. The van der Waals surface area contributed by atoms with Crippen LogP contribution in [0.25, 0.3) is 0 Å². The summed E-state index contributed by atoms with van der Waals surface area (Å²) in [6, 6.07) is 2.34. The van der Waals surface area contributed by atoms with Gasteiger partial charge >= 0.3 is 11.9 Å². The van der Waals surface area contributed by atoms with E-state index < -0.39 is 16.8 Å². The average molecular weight is 213 g/mol. The number of carbonyl (C=O) groups excluding carboxylic acids is 1. The third kappa shape index (κ3) is 2.80. The number of hydrogen-bond acceptors (Lipinski definition) is 5. The zero-order valence-corrected chi connectivity index (χ0v) is 8.43. The number of rotatable bonds is 4. The topological polar surface area (TPSA) is 82.6 Å².